The molecule has 0 saturated carbocycles. The van der Waals surface area contributed by atoms with Gasteiger partial charge in [-0.05, 0) is 32.3 Å². The molecule has 1 aliphatic heterocycles. The van der Waals surface area contributed by atoms with E-state index in [4.69, 9.17) is 10.5 Å². The highest BCUT2D eigenvalue weighted by molar-refractivity contribution is 5.90. The molecule has 0 unspecified atom stereocenters. The lowest BCUT2D eigenvalue weighted by atomic mass is 9.87. The number of allylic oxidation sites excluding steroid dienone is 2. The first-order valence-electron chi connectivity index (χ1n) is 5.96. The third kappa shape index (κ3) is 2.29. The maximum Gasteiger partial charge on any atom is 0.424 e. The number of ether oxygens (including phenoxy) is 1. The Kier molecular flexibility index (Phi) is 3.24. The Balaban J connectivity index is 2.36. The van der Waals surface area contributed by atoms with Crippen LogP contribution in [0.4, 0.5) is 13.2 Å². The highest BCUT2D eigenvalue weighted by atomic mass is 19.4. The van der Waals surface area contributed by atoms with Gasteiger partial charge in [0.05, 0.1) is 6.61 Å². The predicted molar refractivity (Wildman–Crippen MR) is 66.6 cm³/mol. The van der Waals surface area contributed by atoms with Gasteiger partial charge in [-0.25, -0.2) is 0 Å². The summed E-state index contributed by atoms with van der Waals surface area (Å²) in [5.74, 6) is -0.534. The summed E-state index contributed by atoms with van der Waals surface area (Å²) >= 11 is 0. The minimum absolute atomic E-state index is 0.159. The molecule has 0 fully saturated rings. The van der Waals surface area contributed by atoms with Crippen LogP contribution >= 0.6 is 0 Å². The second-order valence-electron chi connectivity index (χ2n) is 5.09. The minimum Gasteiger partial charge on any atom is -0.385 e. The lowest BCUT2D eigenvalue weighted by Gasteiger charge is -2.41. The van der Waals surface area contributed by atoms with Gasteiger partial charge in [-0.2, -0.15) is 13.2 Å². The Morgan fingerprint density at radius 2 is 2.05 bits per heavy atom. The molecule has 2 aliphatic rings. The molecule has 1 aliphatic carbocycles. The smallest absolute Gasteiger partial charge is 0.385 e. The van der Waals surface area contributed by atoms with Crippen molar-refractivity contribution in [1.82, 2.24) is 0 Å². The molecule has 6 heteroatoms. The van der Waals surface area contributed by atoms with Gasteiger partial charge in [0.15, 0.2) is 0 Å². The van der Waals surface area contributed by atoms with E-state index in [1.807, 2.05) is 24.6 Å². The van der Waals surface area contributed by atoms with E-state index in [0.29, 0.717) is 0 Å². The van der Waals surface area contributed by atoms with Crippen molar-refractivity contribution in [1.29, 1.82) is 0 Å². The maximum absolute atomic E-state index is 12.9. The van der Waals surface area contributed by atoms with Crippen LogP contribution in [0.15, 0.2) is 28.8 Å². The Labute approximate surface area is 110 Å². The van der Waals surface area contributed by atoms with Crippen molar-refractivity contribution >= 4 is 5.84 Å². The summed E-state index contributed by atoms with van der Waals surface area (Å²) in [6.45, 7) is 2.46. The number of rotatable bonds is 1. The molecule has 0 aromatic heterocycles. The van der Waals surface area contributed by atoms with Gasteiger partial charge < -0.3 is 10.5 Å². The summed E-state index contributed by atoms with van der Waals surface area (Å²) in [6, 6.07) is 0. The van der Waals surface area contributed by atoms with Gasteiger partial charge in [-0.15, -0.1) is 0 Å². The van der Waals surface area contributed by atoms with Crippen molar-refractivity contribution in [2.75, 3.05) is 6.61 Å². The standard InChI is InChI=1S/C13H16F3N2O/c1-11(9-6-4-3-5-7-9)8-19-12(2,10(17)18-11)13(14,15)16/h4-7H,3,8H2,1-2H3,(H2,17,18)/t11-,12+/m0/s1. The van der Waals surface area contributed by atoms with Crippen molar-refractivity contribution in [2.24, 2.45) is 10.7 Å². The van der Waals surface area contributed by atoms with Gasteiger partial charge in [-0.3, -0.25) is 4.99 Å². The van der Waals surface area contributed by atoms with E-state index in [0.717, 1.165) is 18.9 Å². The van der Waals surface area contributed by atoms with Gasteiger partial charge in [0, 0.05) is 0 Å². The lowest BCUT2D eigenvalue weighted by molar-refractivity contribution is -0.247. The zero-order chi connectivity index (χ0) is 14.3. The van der Waals surface area contributed by atoms with Gasteiger partial charge in [0.2, 0.25) is 5.60 Å². The average Bonchev–Trinajstić information content (AvgIpc) is 2.34. The fourth-order valence-corrected chi connectivity index (χ4v) is 2.02. The van der Waals surface area contributed by atoms with E-state index in [1.165, 1.54) is 0 Å². The summed E-state index contributed by atoms with van der Waals surface area (Å²) in [7, 11) is 0. The molecule has 1 radical (unpaired) electrons. The molecule has 0 spiro atoms. The topological polar surface area (TPSA) is 47.6 Å². The lowest BCUT2D eigenvalue weighted by Crippen LogP contribution is -2.60. The van der Waals surface area contributed by atoms with Crippen LogP contribution in [0.2, 0.25) is 0 Å². The summed E-state index contributed by atoms with van der Waals surface area (Å²) in [5.41, 5.74) is 2.94. The van der Waals surface area contributed by atoms with Crippen molar-refractivity contribution in [3.05, 3.63) is 30.2 Å². The number of hydrogen-bond acceptors (Lipinski definition) is 3. The third-order valence-corrected chi connectivity index (χ3v) is 3.53. The molecule has 2 atom stereocenters. The van der Waals surface area contributed by atoms with Crippen LogP contribution in [-0.2, 0) is 4.74 Å². The molecule has 0 saturated heterocycles. The quantitative estimate of drug-likeness (QED) is 0.798. The fraction of sp³-hybridized carbons (Fsp3) is 0.538. The number of alkyl halides is 3. The monoisotopic (exact) mass is 273 g/mol. The van der Waals surface area contributed by atoms with Gasteiger partial charge in [0.1, 0.15) is 11.4 Å². The Bertz CT molecular complexity index is 467. The summed E-state index contributed by atoms with van der Waals surface area (Å²) in [4.78, 5) is 4.07. The Morgan fingerprint density at radius 3 is 2.53 bits per heavy atom. The number of halogens is 3. The number of nitrogens with zero attached hydrogens (tertiary/aromatic N) is 1. The van der Waals surface area contributed by atoms with Gasteiger partial charge in [0.25, 0.3) is 0 Å². The minimum atomic E-state index is -4.58. The van der Waals surface area contributed by atoms with E-state index in [1.54, 1.807) is 6.92 Å². The van der Waals surface area contributed by atoms with Crippen LogP contribution < -0.4 is 5.73 Å². The molecular weight excluding hydrogens is 257 g/mol. The first-order valence-corrected chi connectivity index (χ1v) is 5.96. The van der Waals surface area contributed by atoms with E-state index in [-0.39, 0.29) is 6.61 Å². The molecule has 2 N–H and O–H groups in total. The van der Waals surface area contributed by atoms with Crippen molar-refractivity contribution in [3.63, 3.8) is 0 Å². The van der Waals surface area contributed by atoms with Crippen LogP contribution in [0.25, 0.3) is 0 Å². The predicted octanol–water partition coefficient (Wildman–Crippen LogP) is 2.54. The second kappa shape index (κ2) is 4.37. The number of amidine groups is 1. The van der Waals surface area contributed by atoms with Crippen LogP contribution in [0.3, 0.4) is 0 Å². The molecule has 0 aromatic rings. The summed E-state index contributed by atoms with van der Waals surface area (Å²) < 4.78 is 43.9. The van der Waals surface area contributed by atoms with Crippen LogP contribution in [-0.4, -0.2) is 29.8 Å². The Hall–Kier alpha value is -1.30. The number of hydrogen-bond donors (Lipinski definition) is 1. The molecule has 105 valence electrons. The van der Waals surface area contributed by atoms with Crippen molar-refractivity contribution in [3.8, 4) is 0 Å². The molecule has 0 aromatic carbocycles. The number of nitrogens with two attached hydrogens (primary N) is 1. The SMILES string of the molecule is C[C@@]1(C2=C[CH]CC=C2)CO[C@@](C)(C(F)(F)F)C(N)=N1. The number of aliphatic imine (C=N–C) groups is 1. The van der Waals surface area contributed by atoms with Crippen LogP contribution in [0, 0.1) is 6.42 Å². The third-order valence-electron chi connectivity index (χ3n) is 3.53. The fourth-order valence-electron chi connectivity index (χ4n) is 2.02. The average molecular weight is 273 g/mol. The molecule has 2 rings (SSSR count). The maximum atomic E-state index is 12.9. The first-order chi connectivity index (χ1) is 8.69. The van der Waals surface area contributed by atoms with Gasteiger partial charge >= 0.3 is 6.18 Å². The Morgan fingerprint density at radius 1 is 1.37 bits per heavy atom. The van der Waals surface area contributed by atoms with E-state index in [9.17, 15) is 13.2 Å². The largest absolute Gasteiger partial charge is 0.424 e. The molecule has 3 nitrogen and oxygen atoms in total. The second-order valence-corrected chi connectivity index (χ2v) is 5.09. The van der Waals surface area contributed by atoms with Gasteiger partial charge in [-0.1, -0.05) is 18.2 Å². The van der Waals surface area contributed by atoms with Crippen molar-refractivity contribution in [2.45, 2.75) is 37.6 Å². The highest BCUT2D eigenvalue weighted by Crippen LogP contribution is 2.40. The summed E-state index contributed by atoms with van der Waals surface area (Å²) in [5, 5.41) is 0. The molecule has 0 bridgehead atoms. The first kappa shape index (κ1) is 14.1. The molecule has 1 heterocycles. The van der Waals surface area contributed by atoms with Crippen LogP contribution in [0.5, 0.6) is 0 Å². The zero-order valence-electron chi connectivity index (χ0n) is 10.8. The van der Waals surface area contributed by atoms with E-state index < -0.39 is 23.2 Å². The molecule has 19 heavy (non-hydrogen) atoms. The summed E-state index contributed by atoms with van der Waals surface area (Å²) in [6.07, 6.45) is 3.76. The van der Waals surface area contributed by atoms with E-state index >= 15 is 0 Å². The highest BCUT2D eigenvalue weighted by Gasteiger charge is 2.58. The molecule has 0 amide bonds. The zero-order valence-corrected chi connectivity index (χ0v) is 10.8. The molecular formula is C13H16F3N2O. The normalized spacial score (nSPS) is 35.8. The van der Waals surface area contributed by atoms with Crippen molar-refractivity contribution < 1.29 is 17.9 Å². The van der Waals surface area contributed by atoms with E-state index in [2.05, 4.69) is 4.99 Å². The van der Waals surface area contributed by atoms with Crippen LogP contribution in [0.1, 0.15) is 20.3 Å².